The van der Waals surface area contributed by atoms with Crippen molar-refractivity contribution in [2.75, 3.05) is 20.3 Å². The van der Waals surface area contributed by atoms with Gasteiger partial charge in [-0.25, -0.2) is 0 Å². The summed E-state index contributed by atoms with van der Waals surface area (Å²) in [6.07, 6.45) is 4.99. The van der Waals surface area contributed by atoms with Crippen LogP contribution in [0.15, 0.2) is 72.8 Å². The van der Waals surface area contributed by atoms with E-state index in [9.17, 15) is 13.2 Å². The van der Waals surface area contributed by atoms with Gasteiger partial charge in [-0.15, -0.1) is 13.2 Å². The summed E-state index contributed by atoms with van der Waals surface area (Å²) in [4.78, 5) is 7.50. The summed E-state index contributed by atoms with van der Waals surface area (Å²) in [5, 5.41) is 2.51. The van der Waals surface area contributed by atoms with Crippen molar-refractivity contribution in [1.29, 1.82) is 0 Å². The van der Waals surface area contributed by atoms with E-state index >= 15 is 0 Å². The fourth-order valence-corrected chi connectivity index (χ4v) is 9.64. The third-order valence-corrected chi connectivity index (χ3v) is 12.6. The Morgan fingerprint density at radius 3 is 1.56 bits per heavy atom. The number of aryl methyl sites for hydroxylation is 2. The highest BCUT2D eigenvalue weighted by Gasteiger charge is 2.40. The van der Waals surface area contributed by atoms with E-state index in [4.69, 9.17) is 14.2 Å². The molecule has 2 aliphatic rings. The number of nitrogens with one attached hydrogen (secondary N) is 2. The van der Waals surface area contributed by atoms with Crippen LogP contribution in [0.4, 0.5) is 13.2 Å². The van der Waals surface area contributed by atoms with E-state index in [1.165, 1.54) is 62.2 Å². The van der Waals surface area contributed by atoms with Crippen LogP contribution >= 0.6 is 0 Å². The van der Waals surface area contributed by atoms with Crippen molar-refractivity contribution in [2.24, 2.45) is 0 Å². The molecule has 2 atom stereocenters. The van der Waals surface area contributed by atoms with Crippen molar-refractivity contribution in [1.82, 2.24) is 9.97 Å². The molecule has 2 aliphatic heterocycles. The Bertz CT molecular complexity index is 2390. The number of aromatic nitrogens is 2. The number of alkyl halides is 3. The Labute approximate surface area is 346 Å². The van der Waals surface area contributed by atoms with E-state index in [2.05, 4.69) is 92.6 Å². The molecule has 0 saturated carbocycles. The Balaban J connectivity index is 0.000000180. The second-order valence-corrected chi connectivity index (χ2v) is 16.0. The fourth-order valence-electron chi connectivity index (χ4n) is 9.64. The lowest BCUT2D eigenvalue weighted by atomic mass is 9.85. The predicted octanol–water partition coefficient (Wildman–Crippen LogP) is 13.7. The molecule has 9 heteroatoms. The Morgan fingerprint density at radius 2 is 1.12 bits per heavy atom. The van der Waals surface area contributed by atoms with Crippen molar-refractivity contribution in [3.8, 4) is 33.8 Å². The molecule has 0 aliphatic carbocycles. The summed E-state index contributed by atoms with van der Waals surface area (Å²) in [5.74, 6) is 0.685. The second-order valence-electron chi connectivity index (χ2n) is 16.0. The maximum Gasteiger partial charge on any atom is 0.573 e. The number of H-pyrrole nitrogens is 2. The van der Waals surface area contributed by atoms with Crippen molar-refractivity contribution in [3.05, 3.63) is 106 Å². The molecule has 2 unspecified atom stereocenters. The molecular weight excluding hydrogens is 750 g/mol. The molecule has 59 heavy (non-hydrogen) atoms. The van der Waals surface area contributed by atoms with Crippen LogP contribution in [0.5, 0.6) is 11.5 Å². The average molecular weight is 809 g/mol. The van der Waals surface area contributed by atoms with Gasteiger partial charge in [-0.2, -0.15) is 0 Å². The molecule has 314 valence electrons. The van der Waals surface area contributed by atoms with Crippen LogP contribution in [0.25, 0.3) is 44.1 Å². The van der Waals surface area contributed by atoms with Gasteiger partial charge in [0, 0.05) is 21.8 Å². The van der Waals surface area contributed by atoms with E-state index in [1.807, 2.05) is 18.2 Å². The van der Waals surface area contributed by atoms with Gasteiger partial charge in [-0.1, -0.05) is 78.6 Å². The lowest BCUT2D eigenvalue weighted by molar-refractivity contribution is -0.274. The second kappa shape index (κ2) is 17.5. The zero-order chi connectivity index (χ0) is 42.0. The molecule has 8 rings (SSSR count). The number of benzene rings is 4. The SMILES string of the molecule is CCCC1(CC)OCCc2c1[nH]c1c(CC)cc(-c3ccc(OC)cc3)cc21.CCCC1(CC)OCCc2c1[nH]c1c(CC)cc(-c3cccc(OC(F)(F)F)c3)cc21. The highest BCUT2D eigenvalue weighted by molar-refractivity contribution is 5.93. The molecule has 2 N–H and O–H groups in total. The minimum atomic E-state index is -4.71. The molecule has 4 heterocycles. The first-order valence-corrected chi connectivity index (χ1v) is 21.6. The maximum absolute atomic E-state index is 12.7. The first kappa shape index (κ1) is 42.4. The van der Waals surface area contributed by atoms with Gasteiger partial charge < -0.3 is 28.9 Å². The van der Waals surface area contributed by atoms with Crippen LogP contribution in [-0.4, -0.2) is 36.7 Å². The number of hydrogen-bond acceptors (Lipinski definition) is 4. The summed E-state index contributed by atoms with van der Waals surface area (Å²) >= 11 is 0. The molecular formula is C50H59F3N2O4. The average Bonchev–Trinajstić information content (AvgIpc) is 3.83. The number of aromatic amines is 2. The number of rotatable bonds is 12. The Hall–Kier alpha value is -4.73. The normalized spacial score (nSPS) is 18.9. The van der Waals surface area contributed by atoms with Crippen LogP contribution < -0.4 is 9.47 Å². The molecule has 4 aromatic carbocycles. The molecule has 0 fully saturated rings. The van der Waals surface area contributed by atoms with Crippen LogP contribution in [0.3, 0.4) is 0 Å². The van der Waals surface area contributed by atoms with E-state index < -0.39 is 6.36 Å². The van der Waals surface area contributed by atoms with Crippen LogP contribution in [0, 0.1) is 0 Å². The number of fused-ring (bicyclic) bond motifs is 6. The van der Waals surface area contributed by atoms with Crippen LogP contribution in [-0.2, 0) is 46.4 Å². The molecule has 6 aromatic rings. The molecule has 0 amide bonds. The number of ether oxygens (including phenoxy) is 4. The van der Waals surface area contributed by atoms with Crippen molar-refractivity contribution in [2.45, 2.75) is 123 Å². The van der Waals surface area contributed by atoms with Crippen molar-refractivity contribution >= 4 is 21.8 Å². The van der Waals surface area contributed by atoms with Gasteiger partial charge in [0.25, 0.3) is 0 Å². The molecule has 0 saturated heterocycles. The van der Waals surface area contributed by atoms with Gasteiger partial charge in [0.15, 0.2) is 0 Å². The summed E-state index contributed by atoms with van der Waals surface area (Å²) in [6, 6.07) is 23.4. The van der Waals surface area contributed by atoms with Gasteiger partial charge in [0.1, 0.15) is 22.7 Å². The first-order chi connectivity index (χ1) is 28.4. The summed E-state index contributed by atoms with van der Waals surface area (Å²) in [7, 11) is 1.71. The van der Waals surface area contributed by atoms with Gasteiger partial charge in [-0.05, 0) is 144 Å². The topological polar surface area (TPSA) is 68.5 Å². The van der Waals surface area contributed by atoms with E-state index in [0.29, 0.717) is 12.2 Å². The van der Waals surface area contributed by atoms with E-state index in [-0.39, 0.29) is 17.0 Å². The smallest absolute Gasteiger partial charge is 0.497 e. The van der Waals surface area contributed by atoms with Gasteiger partial charge in [0.05, 0.1) is 31.7 Å². The van der Waals surface area contributed by atoms with Crippen molar-refractivity contribution in [3.63, 3.8) is 0 Å². The Kier molecular flexibility index (Phi) is 12.6. The zero-order valence-electron chi connectivity index (χ0n) is 35.7. The largest absolute Gasteiger partial charge is 0.573 e. The van der Waals surface area contributed by atoms with Crippen LogP contribution in [0.1, 0.15) is 114 Å². The molecule has 2 aromatic heterocycles. The quantitative estimate of drug-likeness (QED) is 0.129. The van der Waals surface area contributed by atoms with Crippen molar-refractivity contribution < 1.29 is 32.1 Å². The molecule has 0 bridgehead atoms. The minimum absolute atomic E-state index is 0.160. The number of hydrogen-bond donors (Lipinski definition) is 2. The van der Waals surface area contributed by atoms with Gasteiger partial charge in [-0.3, -0.25) is 0 Å². The highest BCUT2D eigenvalue weighted by atomic mass is 19.4. The van der Waals surface area contributed by atoms with Crippen LogP contribution in [0.2, 0.25) is 0 Å². The van der Waals surface area contributed by atoms with E-state index in [0.717, 1.165) is 98.6 Å². The minimum Gasteiger partial charge on any atom is -0.497 e. The lowest BCUT2D eigenvalue weighted by Crippen LogP contribution is -2.35. The monoisotopic (exact) mass is 808 g/mol. The molecule has 0 radical (unpaired) electrons. The summed E-state index contributed by atoms with van der Waals surface area (Å²) < 4.78 is 60.2. The summed E-state index contributed by atoms with van der Waals surface area (Å²) in [6.45, 7) is 14.6. The Morgan fingerprint density at radius 1 is 0.610 bits per heavy atom. The zero-order valence-corrected chi connectivity index (χ0v) is 35.7. The third-order valence-electron chi connectivity index (χ3n) is 12.6. The number of halogens is 3. The lowest BCUT2D eigenvalue weighted by Gasteiger charge is -2.36. The fraction of sp³-hybridized carbons (Fsp3) is 0.440. The molecule has 6 nitrogen and oxygen atoms in total. The standard InChI is InChI=1S/C25H28F3NO2.C25H31NO2/c1-4-11-24(6-3)23-20(10-12-30-24)21-15-18(13-16(5-2)22(21)29-23)17-8-7-9-19(14-17)31-25(26,27)28;1-5-13-25(7-3)24-21(12-14-28-25)22-16-19(15-17(6-2)23(22)26-24)18-8-10-20(27-4)11-9-18/h7-9,13-15,29H,4-6,10-12H2,1-3H3;8-11,15-16,26H,5-7,12-14H2,1-4H3. The number of methoxy groups -OCH3 is 1. The third kappa shape index (κ3) is 8.25. The van der Waals surface area contributed by atoms with Gasteiger partial charge in [0.2, 0.25) is 0 Å². The van der Waals surface area contributed by atoms with E-state index in [1.54, 1.807) is 13.2 Å². The summed E-state index contributed by atoms with van der Waals surface area (Å²) in [5.41, 5.74) is 13.8. The maximum atomic E-state index is 12.7. The molecule has 0 spiro atoms. The first-order valence-electron chi connectivity index (χ1n) is 21.6. The highest BCUT2D eigenvalue weighted by Crippen LogP contribution is 2.45. The van der Waals surface area contributed by atoms with Gasteiger partial charge >= 0.3 is 6.36 Å². The predicted molar refractivity (Wildman–Crippen MR) is 233 cm³/mol.